The molecule has 0 spiro atoms. The van der Waals surface area contributed by atoms with Crippen LogP contribution in [-0.4, -0.2) is 64.6 Å². The zero-order chi connectivity index (χ0) is 25.8. The molecule has 0 bridgehead atoms. The van der Waals surface area contributed by atoms with E-state index < -0.39 is 0 Å². The first-order chi connectivity index (χ1) is 18.0. The minimum absolute atomic E-state index is 0.0675. The van der Waals surface area contributed by atoms with Gasteiger partial charge in [0.25, 0.3) is 5.91 Å². The Kier molecular flexibility index (Phi) is 7.47. The zero-order valence-electron chi connectivity index (χ0n) is 20.4. The maximum atomic E-state index is 13.1. The topological polar surface area (TPSA) is 119 Å². The van der Waals surface area contributed by atoms with Crippen LogP contribution in [0.15, 0.2) is 42.7 Å². The van der Waals surface area contributed by atoms with E-state index in [0.717, 1.165) is 18.4 Å². The van der Waals surface area contributed by atoms with Crippen molar-refractivity contribution < 1.29 is 19.1 Å². The van der Waals surface area contributed by atoms with Crippen LogP contribution in [0.1, 0.15) is 34.5 Å². The molecule has 5 rings (SSSR count). The molecule has 0 saturated carbocycles. The number of amides is 2. The molecule has 1 aromatic carbocycles. The molecule has 2 aliphatic heterocycles. The molecule has 10 nitrogen and oxygen atoms in total. The Hall–Kier alpha value is -3.76. The highest BCUT2D eigenvalue weighted by Gasteiger charge is 2.30. The summed E-state index contributed by atoms with van der Waals surface area (Å²) >= 11 is 6.41. The minimum atomic E-state index is -0.258. The fraction of sp³-hybridized carbons (Fsp3) is 0.346. The molecule has 2 N–H and O–H groups in total. The van der Waals surface area contributed by atoms with Crippen LogP contribution in [0, 0.1) is 0 Å². The van der Waals surface area contributed by atoms with Crippen LogP contribution in [-0.2, 0) is 22.6 Å². The third kappa shape index (κ3) is 5.81. The number of methoxy groups -OCH3 is 1. The largest absolute Gasteiger partial charge is 0.497 e. The number of nitrogens with one attached hydrogen (secondary N) is 2. The second kappa shape index (κ2) is 11.1. The van der Waals surface area contributed by atoms with Crippen LogP contribution in [0.5, 0.6) is 5.75 Å². The van der Waals surface area contributed by atoms with E-state index in [1.54, 1.807) is 25.6 Å². The van der Waals surface area contributed by atoms with Crippen molar-refractivity contribution in [3.63, 3.8) is 0 Å². The molecule has 2 amide bonds. The Morgan fingerprint density at radius 3 is 2.86 bits per heavy atom. The lowest BCUT2D eigenvalue weighted by Gasteiger charge is -2.23. The van der Waals surface area contributed by atoms with E-state index in [1.165, 1.54) is 4.90 Å². The lowest BCUT2D eigenvalue weighted by Crippen LogP contribution is -2.37. The average Bonchev–Trinajstić information content (AvgIpc) is 3.23. The number of pyridine rings is 1. The number of benzene rings is 1. The van der Waals surface area contributed by atoms with Crippen molar-refractivity contribution in [3.05, 3.63) is 64.6 Å². The third-order valence-corrected chi connectivity index (χ3v) is 6.64. The third-order valence-electron chi connectivity index (χ3n) is 6.36. The van der Waals surface area contributed by atoms with Crippen LogP contribution in [0.25, 0.3) is 11.3 Å². The van der Waals surface area contributed by atoms with E-state index in [2.05, 4.69) is 25.6 Å². The van der Waals surface area contributed by atoms with Crippen molar-refractivity contribution in [1.29, 1.82) is 0 Å². The molecular weight excluding hydrogens is 496 g/mol. The number of hydrogen-bond donors (Lipinski definition) is 2. The van der Waals surface area contributed by atoms with E-state index in [-0.39, 0.29) is 30.9 Å². The van der Waals surface area contributed by atoms with Gasteiger partial charge in [0.2, 0.25) is 11.9 Å². The number of rotatable bonds is 8. The standard InChI is InChI=1S/C26H27ClN6O4/c1-36-19-4-2-3-16(9-19)11-29-23(34)15-33-14-22-20(25(33)35)10-17(12-28-22)24-21(27)13-30-26(32-24)31-18-5-7-37-8-6-18/h2-4,9-10,12-13,18H,5-8,11,14-15H2,1H3,(H,29,34)(H,30,31,32). The maximum Gasteiger partial charge on any atom is 0.256 e. The van der Waals surface area contributed by atoms with Crippen LogP contribution in [0.4, 0.5) is 5.95 Å². The monoisotopic (exact) mass is 522 g/mol. The van der Waals surface area contributed by atoms with Gasteiger partial charge in [-0.05, 0) is 36.6 Å². The number of halogens is 1. The number of fused-ring (bicyclic) bond motifs is 1. The Morgan fingerprint density at radius 1 is 1.22 bits per heavy atom. The van der Waals surface area contributed by atoms with Gasteiger partial charge in [0.1, 0.15) is 12.3 Å². The number of ether oxygens (including phenoxy) is 2. The van der Waals surface area contributed by atoms with Crippen molar-refractivity contribution >= 4 is 29.4 Å². The number of carbonyl (C=O) groups is 2. The lowest BCUT2D eigenvalue weighted by molar-refractivity contribution is -0.122. The van der Waals surface area contributed by atoms with Gasteiger partial charge in [-0.1, -0.05) is 23.7 Å². The van der Waals surface area contributed by atoms with Crippen molar-refractivity contribution in [1.82, 2.24) is 25.2 Å². The summed E-state index contributed by atoms with van der Waals surface area (Å²) < 4.78 is 10.6. The Morgan fingerprint density at radius 2 is 2.05 bits per heavy atom. The molecule has 11 heteroatoms. The number of carbonyl (C=O) groups excluding carboxylic acids is 2. The van der Waals surface area contributed by atoms with Crippen LogP contribution >= 0.6 is 11.6 Å². The zero-order valence-corrected chi connectivity index (χ0v) is 21.1. The summed E-state index contributed by atoms with van der Waals surface area (Å²) in [7, 11) is 1.59. The molecule has 3 aromatic rings. The highest BCUT2D eigenvalue weighted by atomic mass is 35.5. The minimum Gasteiger partial charge on any atom is -0.497 e. The van der Waals surface area contributed by atoms with E-state index in [9.17, 15) is 9.59 Å². The highest BCUT2D eigenvalue weighted by molar-refractivity contribution is 6.32. The molecule has 192 valence electrons. The van der Waals surface area contributed by atoms with Crippen LogP contribution in [0.3, 0.4) is 0 Å². The quantitative estimate of drug-likeness (QED) is 0.463. The van der Waals surface area contributed by atoms with Gasteiger partial charge in [0, 0.05) is 37.6 Å². The second-order valence-corrected chi connectivity index (χ2v) is 9.34. The molecule has 2 aromatic heterocycles. The van der Waals surface area contributed by atoms with E-state index in [0.29, 0.717) is 59.0 Å². The van der Waals surface area contributed by atoms with Gasteiger partial charge < -0.3 is 25.0 Å². The molecule has 4 heterocycles. The predicted octanol–water partition coefficient (Wildman–Crippen LogP) is 3.06. The number of anilines is 1. The van der Waals surface area contributed by atoms with Gasteiger partial charge in [-0.15, -0.1) is 0 Å². The van der Waals surface area contributed by atoms with Crippen molar-refractivity contribution in [3.8, 4) is 17.0 Å². The fourth-order valence-corrected chi connectivity index (χ4v) is 4.56. The summed E-state index contributed by atoms with van der Waals surface area (Å²) in [5.41, 5.74) is 3.05. The van der Waals surface area contributed by atoms with Gasteiger partial charge in [-0.25, -0.2) is 9.97 Å². The molecule has 0 aliphatic carbocycles. The lowest BCUT2D eigenvalue weighted by atomic mass is 10.1. The van der Waals surface area contributed by atoms with E-state index >= 15 is 0 Å². The first-order valence-corrected chi connectivity index (χ1v) is 12.4. The van der Waals surface area contributed by atoms with Gasteiger partial charge in [0.15, 0.2) is 0 Å². The van der Waals surface area contributed by atoms with Gasteiger partial charge >= 0.3 is 0 Å². The van der Waals surface area contributed by atoms with E-state index in [1.807, 2.05) is 24.3 Å². The molecule has 1 saturated heterocycles. The molecule has 0 radical (unpaired) electrons. The fourth-order valence-electron chi connectivity index (χ4n) is 4.36. The normalized spacial score (nSPS) is 15.4. The molecule has 2 aliphatic rings. The average molecular weight is 523 g/mol. The summed E-state index contributed by atoms with van der Waals surface area (Å²) in [6.07, 6.45) is 4.93. The second-order valence-electron chi connectivity index (χ2n) is 8.93. The first kappa shape index (κ1) is 24.9. The van der Waals surface area contributed by atoms with Crippen molar-refractivity contribution in [2.45, 2.75) is 32.0 Å². The molecule has 0 unspecified atom stereocenters. The highest BCUT2D eigenvalue weighted by Crippen LogP contribution is 2.30. The summed E-state index contributed by atoms with van der Waals surface area (Å²) in [5, 5.41) is 6.54. The summed E-state index contributed by atoms with van der Waals surface area (Å²) in [5.74, 6) is 0.667. The van der Waals surface area contributed by atoms with Gasteiger partial charge in [-0.2, -0.15) is 0 Å². The van der Waals surface area contributed by atoms with Crippen LogP contribution in [0.2, 0.25) is 5.02 Å². The Labute approximate surface area is 219 Å². The van der Waals surface area contributed by atoms with Gasteiger partial charge in [-0.3, -0.25) is 14.6 Å². The van der Waals surface area contributed by atoms with E-state index in [4.69, 9.17) is 21.1 Å². The predicted molar refractivity (Wildman–Crippen MR) is 137 cm³/mol. The molecule has 37 heavy (non-hydrogen) atoms. The van der Waals surface area contributed by atoms with Crippen molar-refractivity contribution in [2.24, 2.45) is 0 Å². The SMILES string of the molecule is COc1cccc(CNC(=O)CN2Cc3ncc(-c4nc(NC5CCOCC5)ncc4Cl)cc3C2=O)c1. The summed E-state index contributed by atoms with van der Waals surface area (Å²) in [6, 6.07) is 9.40. The number of nitrogens with zero attached hydrogens (tertiary/aromatic N) is 4. The Balaban J connectivity index is 1.25. The van der Waals surface area contributed by atoms with Crippen molar-refractivity contribution in [2.75, 3.05) is 32.2 Å². The number of hydrogen-bond acceptors (Lipinski definition) is 8. The smallest absolute Gasteiger partial charge is 0.256 e. The summed E-state index contributed by atoms with van der Waals surface area (Å²) in [4.78, 5) is 40.5. The van der Waals surface area contributed by atoms with Crippen LogP contribution < -0.4 is 15.4 Å². The maximum absolute atomic E-state index is 13.1. The molecule has 1 fully saturated rings. The molecular formula is C26H27ClN6O4. The van der Waals surface area contributed by atoms with Gasteiger partial charge in [0.05, 0.1) is 41.8 Å². The number of aromatic nitrogens is 3. The first-order valence-electron chi connectivity index (χ1n) is 12.0. The summed E-state index contributed by atoms with van der Waals surface area (Å²) in [6.45, 7) is 1.93. The Bertz CT molecular complexity index is 1310. The molecule has 0 atom stereocenters.